The van der Waals surface area contributed by atoms with E-state index in [9.17, 15) is 0 Å². The summed E-state index contributed by atoms with van der Waals surface area (Å²) in [5.74, 6) is 1.75. The molecule has 3 atom stereocenters. The van der Waals surface area contributed by atoms with Crippen LogP contribution in [0.25, 0.3) is 11.3 Å². The fourth-order valence-electron chi connectivity index (χ4n) is 3.94. The van der Waals surface area contributed by atoms with Crippen molar-refractivity contribution in [2.75, 3.05) is 6.54 Å². The number of benzene rings is 1. The number of fused-ring (bicyclic) bond motifs is 1. The number of aliphatic imine (C=N–C) groups is 1. The number of hydrogen-bond acceptors (Lipinski definition) is 5. The third-order valence-electron chi connectivity index (χ3n) is 5.26. The molecular formula is C22H20ClN3OS. The summed E-state index contributed by atoms with van der Waals surface area (Å²) in [6.07, 6.45) is 1.83. The lowest BCUT2D eigenvalue weighted by atomic mass is 10.0. The SMILES string of the molecule is Cc1ccc(Cl)cc1-c1ccc([C@@H]2[C@H](c3ccccn3)N=C3S[C@@H](C)CN32)o1. The first-order valence-corrected chi connectivity index (χ1v) is 10.6. The van der Waals surface area contributed by atoms with Crippen LogP contribution in [0.3, 0.4) is 0 Å². The Morgan fingerprint density at radius 2 is 2.07 bits per heavy atom. The maximum atomic E-state index is 6.37. The van der Waals surface area contributed by atoms with Crippen LogP contribution in [0.15, 0.2) is 64.1 Å². The summed E-state index contributed by atoms with van der Waals surface area (Å²) >= 11 is 8.04. The zero-order chi connectivity index (χ0) is 19.3. The molecule has 0 aliphatic carbocycles. The summed E-state index contributed by atoms with van der Waals surface area (Å²) in [4.78, 5) is 11.9. The second-order valence-corrected chi connectivity index (χ2v) is 9.14. The van der Waals surface area contributed by atoms with E-state index in [1.54, 1.807) is 0 Å². The highest BCUT2D eigenvalue weighted by molar-refractivity contribution is 8.14. The molecule has 5 rings (SSSR count). The Morgan fingerprint density at radius 1 is 1.18 bits per heavy atom. The number of thioether (sulfide) groups is 1. The van der Waals surface area contributed by atoms with Gasteiger partial charge in [0.25, 0.3) is 0 Å². The highest BCUT2D eigenvalue weighted by Crippen LogP contribution is 2.48. The quantitative estimate of drug-likeness (QED) is 0.540. The molecule has 6 heteroatoms. The van der Waals surface area contributed by atoms with Crippen molar-refractivity contribution in [2.24, 2.45) is 4.99 Å². The molecule has 0 amide bonds. The molecule has 1 aromatic carbocycles. The maximum Gasteiger partial charge on any atom is 0.161 e. The molecule has 1 saturated heterocycles. The van der Waals surface area contributed by atoms with Crippen molar-refractivity contribution in [2.45, 2.75) is 31.2 Å². The Kier molecular flexibility index (Phi) is 4.44. The van der Waals surface area contributed by atoms with Crippen LogP contribution in [0.2, 0.25) is 5.02 Å². The standard InChI is InChI=1S/C22H20ClN3OS/c1-13-6-7-15(23)11-16(13)18-8-9-19(27-18)21-20(17-5-3-4-10-24-17)25-22-26(21)12-14(2)28-22/h3-11,14,20-21H,12H2,1-2H3/t14-,20-,21+/m0/s1. The molecule has 0 N–H and O–H groups in total. The first-order valence-electron chi connectivity index (χ1n) is 9.38. The van der Waals surface area contributed by atoms with Gasteiger partial charge < -0.3 is 9.32 Å². The van der Waals surface area contributed by atoms with E-state index in [2.05, 4.69) is 29.8 Å². The summed E-state index contributed by atoms with van der Waals surface area (Å²) < 4.78 is 6.37. The Balaban J connectivity index is 1.55. The summed E-state index contributed by atoms with van der Waals surface area (Å²) in [7, 11) is 0. The van der Waals surface area contributed by atoms with Crippen molar-refractivity contribution < 1.29 is 4.42 Å². The lowest BCUT2D eigenvalue weighted by Crippen LogP contribution is -2.28. The molecule has 3 aromatic rings. The van der Waals surface area contributed by atoms with Gasteiger partial charge in [0.05, 0.1) is 5.69 Å². The van der Waals surface area contributed by atoms with Gasteiger partial charge in [-0.05, 0) is 48.9 Å². The minimum atomic E-state index is -0.0596. The first-order chi connectivity index (χ1) is 13.6. The number of furan rings is 1. The third-order valence-corrected chi connectivity index (χ3v) is 6.60. The minimum absolute atomic E-state index is 0.0237. The number of rotatable bonds is 3. The van der Waals surface area contributed by atoms with E-state index >= 15 is 0 Å². The fourth-order valence-corrected chi connectivity index (χ4v) is 5.21. The van der Waals surface area contributed by atoms with E-state index in [1.807, 2.05) is 60.4 Å². The van der Waals surface area contributed by atoms with Gasteiger partial charge in [0.15, 0.2) is 5.17 Å². The fraction of sp³-hybridized carbons (Fsp3) is 0.273. The number of hydrogen-bond donors (Lipinski definition) is 0. The Bertz CT molecular complexity index is 1050. The summed E-state index contributed by atoms with van der Waals surface area (Å²) in [5.41, 5.74) is 3.14. The molecule has 0 spiro atoms. The van der Waals surface area contributed by atoms with Crippen LogP contribution in [0.1, 0.15) is 36.0 Å². The van der Waals surface area contributed by atoms with Gasteiger partial charge in [-0.3, -0.25) is 4.98 Å². The largest absolute Gasteiger partial charge is 0.459 e. The molecule has 0 radical (unpaired) electrons. The van der Waals surface area contributed by atoms with Gasteiger partial charge in [0.2, 0.25) is 0 Å². The van der Waals surface area contributed by atoms with E-state index in [4.69, 9.17) is 21.0 Å². The average molecular weight is 410 g/mol. The van der Waals surface area contributed by atoms with Crippen LogP contribution in [0, 0.1) is 6.92 Å². The van der Waals surface area contributed by atoms with Crippen molar-refractivity contribution in [1.29, 1.82) is 0 Å². The van der Waals surface area contributed by atoms with Crippen molar-refractivity contribution in [3.05, 3.63) is 76.8 Å². The molecular weight excluding hydrogens is 390 g/mol. The topological polar surface area (TPSA) is 41.6 Å². The smallest absolute Gasteiger partial charge is 0.161 e. The molecule has 2 aliphatic rings. The Labute approximate surface area is 173 Å². The van der Waals surface area contributed by atoms with E-state index < -0.39 is 0 Å². The van der Waals surface area contributed by atoms with E-state index in [1.165, 1.54) is 0 Å². The van der Waals surface area contributed by atoms with E-state index in [0.29, 0.717) is 10.3 Å². The Morgan fingerprint density at radius 3 is 2.89 bits per heavy atom. The van der Waals surface area contributed by atoms with Crippen LogP contribution in [0.5, 0.6) is 0 Å². The highest BCUT2D eigenvalue weighted by atomic mass is 35.5. The van der Waals surface area contributed by atoms with Crippen LogP contribution < -0.4 is 0 Å². The lowest BCUT2D eigenvalue weighted by Gasteiger charge is -2.25. The van der Waals surface area contributed by atoms with Gasteiger partial charge in [0.1, 0.15) is 23.6 Å². The highest BCUT2D eigenvalue weighted by Gasteiger charge is 2.45. The molecule has 0 bridgehead atoms. The van der Waals surface area contributed by atoms with Gasteiger partial charge >= 0.3 is 0 Å². The zero-order valence-corrected chi connectivity index (χ0v) is 17.2. The first kappa shape index (κ1) is 17.8. The average Bonchev–Trinajstić information content (AvgIpc) is 3.38. The molecule has 28 heavy (non-hydrogen) atoms. The lowest BCUT2D eigenvalue weighted by molar-refractivity contribution is 0.277. The predicted octanol–water partition coefficient (Wildman–Crippen LogP) is 5.89. The molecule has 4 nitrogen and oxygen atoms in total. The molecule has 142 valence electrons. The van der Waals surface area contributed by atoms with Gasteiger partial charge in [-0.25, -0.2) is 4.99 Å². The van der Waals surface area contributed by atoms with Crippen molar-refractivity contribution in [3.8, 4) is 11.3 Å². The van der Waals surface area contributed by atoms with Crippen LogP contribution in [0.4, 0.5) is 0 Å². The monoisotopic (exact) mass is 409 g/mol. The van der Waals surface area contributed by atoms with Gasteiger partial charge in [-0.1, -0.05) is 42.4 Å². The maximum absolute atomic E-state index is 6.37. The van der Waals surface area contributed by atoms with Crippen molar-refractivity contribution >= 4 is 28.5 Å². The molecule has 2 aliphatic heterocycles. The number of halogens is 1. The van der Waals surface area contributed by atoms with Gasteiger partial charge in [0, 0.05) is 28.6 Å². The van der Waals surface area contributed by atoms with Crippen LogP contribution >= 0.6 is 23.4 Å². The summed E-state index contributed by atoms with van der Waals surface area (Å²) in [5, 5.41) is 2.32. The number of amidine groups is 1. The van der Waals surface area contributed by atoms with Crippen LogP contribution in [-0.4, -0.2) is 26.8 Å². The number of aromatic nitrogens is 1. The molecule has 2 aromatic heterocycles. The molecule has 1 fully saturated rings. The second kappa shape index (κ2) is 6.98. The van der Waals surface area contributed by atoms with Crippen molar-refractivity contribution in [3.63, 3.8) is 0 Å². The molecule has 0 saturated carbocycles. The van der Waals surface area contributed by atoms with E-state index in [0.717, 1.165) is 40.1 Å². The second-order valence-electron chi connectivity index (χ2n) is 7.30. The molecule has 0 unspecified atom stereocenters. The summed E-state index contributed by atoms with van der Waals surface area (Å²) in [6.45, 7) is 5.27. The summed E-state index contributed by atoms with van der Waals surface area (Å²) in [6, 6.07) is 16.0. The van der Waals surface area contributed by atoms with E-state index in [-0.39, 0.29) is 12.1 Å². The normalized spacial score (nSPS) is 23.8. The van der Waals surface area contributed by atoms with Crippen LogP contribution in [-0.2, 0) is 0 Å². The number of aryl methyl sites for hydroxylation is 1. The zero-order valence-electron chi connectivity index (χ0n) is 15.7. The van der Waals surface area contributed by atoms with Gasteiger partial charge in [-0.15, -0.1) is 0 Å². The Hall–Kier alpha value is -2.24. The third kappa shape index (κ3) is 3.03. The predicted molar refractivity (Wildman–Crippen MR) is 115 cm³/mol. The molecule has 4 heterocycles. The van der Waals surface area contributed by atoms with Crippen molar-refractivity contribution in [1.82, 2.24) is 9.88 Å². The minimum Gasteiger partial charge on any atom is -0.459 e. The van der Waals surface area contributed by atoms with Gasteiger partial charge in [-0.2, -0.15) is 0 Å². The number of pyridine rings is 1. The number of nitrogens with zero attached hydrogens (tertiary/aromatic N) is 3.